The summed E-state index contributed by atoms with van der Waals surface area (Å²) in [7, 11) is 0. The molecule has 0 amide bonds. The number of para-hydroxylation sites is 1. The van der Waals surface area contributed by atoms with E-state index in [1.807, 2.05) is 0 Å². The topological polar surface area (TPSA) is 72.2 Å². The first-order valence-electron chi connectivity index (χ1n) is 7.71. The molecule has 0 bridgehead atoms. The van der Waals surface area contributed by atoms with Gasteiger partial charge < -0.3 is 9.67 Å². The summed E-state index contributed by atoms with van der Waals surface area (Å²) >= 11 is 0. The van der Waals surface area contributed by atoms with E-state index in [1.165, 1.54) is 10.6 Å². The number of carboxylic acid groups (broad SMARTS) is 1. The molecule has 3 aromatic rings. The number of aryl methyl sites for hydroxylation is 2. The highest BCUT2D eigenvalue weighted by Crippen LogP contribution is 2.18. The van der Waals surface area contributed by atoms with Crippen molar-refractivity contribution in [3.05, 3.63) is 75.6 Å². The molecule has 0 fully saturated rings. The van der Waals surface area contributed by atoms with Crippen molar-refractivity contribution in [1.82, 2.24) is 9.55 Å². The summed E-state index contributed by atoms with van der Waals surface area (Å²) in [4.78, 5) is 27.2. The van der Waals surface area contributed by atoms with Crippen molar-refractivity contribution in [3.63, 3.8) is 0 Å². The van der Waals surface area contributed by atoms with Crippen LogP contribution in [0.2, 0.25) is 0 Å². The van der Waals surface area contributed by atoms with Crippen molar-refractivity contribution in [2.75, 3.05) is 0 Å². The molecule has 0 radical (unpaired) electrons. The molecule has 0 aliphatic heterocycles. The van der Waals surface area contributed by atoms with E-state index in [4.69, 9.17) is 5.11 Å². The number of carbonyl (C=O) groups is 1. The normalized spacial score (nSPS) is 11.0. The van der Waals surface area contributed by atoms with Crippen LogP contribution in [0.1, 0.15) is 11.4 Å². The van der Waals surface area contributed by atoms with E-state index >= 15 is 0 Å². The fraction of sp³-hybridized carbons (Fsp3) is 0.167. The second-order valence-corrected chi connectivity index (χ2v) is 5.66. The van der Waals surface area contributed by atoms with Gasteiger partial charge in [-0.05, 0) is 30.2 Å². The maximum Gasteiger partial charge on any atom is 0.323 e. The third-order valence-corrected chi connectivity index (χ3v) is 3.99. The van der Waals surface area contributed by atoms with E-state index < -0.39 is 35.5 Å². The molecule has 1 aromatic heterocycles. The number of carboxylic acids is 1. The molecule has 0 spiro atoms. The molecule has 0 saturated carbocycles. The Morgan fingerprint density at radius 3 is 2.50 bits per heavy atom. The smallest absolute Gasteiger partial charge is 0.323 e. The highest BCUT2D eigenvalue weighted by molar-refractivity contribution is 5.79. The third-order valence-electron chi connectivity index (χ3n) is 3.99. The molecule has 3 rings (SSSR count). The van der Waals surface area contributed by atoms with Crippen molar-refractivity contribution >= 4 is 16.9 Å². The molecule has 5 nitrogen and oxygen atoms in total. The van der Waals surface area contributed by atoms with Gasteiger partial charge in [-0.3, -0.25) is 9.59 Å². The van der Waals surface area contributed by atoms with Crippen molar-refractivity contribution < 1.29 is 23.1 Å². The average molecular weight is 362 g/mol. The van der Waals surface area contributed by atoms with Gasteiger partial charge in [0, 0.05) is 6.42 Å². The van der Waals surface area contributed by atoms with Gasteiger partial charge in [-0.1, -0.05) is 18.2 Å². The Bertz CT molecular complexity index is 1060. The fourth-order valence-electron chi connectivity index (χ4n) is 2.77. The Morgan fingerprint density at radius 2 is 1.77 bits per heavy atom. The maximum absolute atomic E-state index is 13.8. The van der Waals surface area contributed by atoms with E-state index in [2.05, 4.69) is 4.98 Å². The quantitative estimate of drug-likeness (QED) is 0.709. The number of nitrogens with zero attached hydrogens (tertiary/aromatic N) is 2. The Hall–Kier alpha value is -3.16. The Balaban J connectivity index is 2.03. The molecule has 0 aliphatic carbocycles. The number of aliphatic carboxylic acids is 1. The summed E-state index contributed by atoms with van der Waals surface area (Å²) in [5.74, 6) is -5.19. The van der Waals surface area contributed by atoms with Crippen molar-refractivity contribution in [2.24, 2.45) is 0 Å². The number of fused-ring (bicyclic) bond motifs is 1. The maximum atomic E-state index is 13.8. The summed E-state index contributed by atoms with van der Waals surface area (Å²) in [6.45, 7) is -0.441. The van der Waals surface area contributed by atoms with Gasteiger partial charge in [0.2, 0.25) is 0 Å². The first-order valence-corrected chi connectivity index (χ1v) is 7.71. The number of aromatic nitrogens is 2. The molecular weight excluding hydrogens is 349 g/mol. The zero-order valence-corrected chi connectivity index (χ0v) is 13.4. The van der Waals surface area contributed by atoms with E-state index in [0.717, 1.165) is 12.1 Å². The van der Waals surface area contributed by atoms with Crippen LogP contribution in [0.25, 0.3) is 10.9 Å². The van der Waals surface area contributed by atoms with Crippen LogP contribution in [-0.4, -0.2) is 20.6 Å². The standard InChI is InChI=1S/C18H13F3N2O3/c19-12-7-5-10(16(20)17(12)21)6-8-14-22-18(26)11-3-1-2-4-13(11)23(14)9-15(24)25/h1-5,7H,6,8-9H2,(H,24,25). The predicted molar refractivity (Wildman–Crippen MR) is 87.4 cm³/mol. The molecule has 0 aliphatic rings. The van der Waals surface area contributed by atoms with Crippen LogP contribution in [0.3, 0.4) is 0 Å². The minimum absolute atomic E-state index is 0.0185. The average Bonchev–Trinajstić information content (AvgIpc) is 2.62. The first-order chi connectivity index (χ1) is 12.4. The van der Waals surface area contributed by atoms with Crippen LogP contribution < -0.4 is 5.56 Å². The highest BCUT2D eigenvalue weighted by atomic mass is 19.2. The van der Waals surface area contributed by atoms with E-state index in [-0.39, 0.29) is 29.6 Å². The van der Waals surface area contributed by atoms with Crippen molar-refractivity contribution in [3.8, 4) is 0 Å². The summed E-state index contributed by atoms with van der Waals surface area (Å²) in [6.07, 6.45) is -0.0945. The molecule has 1 heterocycles. The summed E-state index contributed by atoms with van der Waals surface area (Å²) in [6, 6.07) is 8.32. The largest absolute Gasteiger partial charge is 0.480 e. The third kappa shape index (κ3) is 3.30. The van der Waals surface area contributed by atoms with Crippen molar-refractivity contribution in [1.29, 1.82) is 0 Å². The van der Waals surface area contributed by atoms with Crippen LogP contribution >= 0.6 is 0 Å². The minimum Gasteiger partial charge on any atom is -0.480 e. The Labute approximate surface area is 145 Å². The van der Waals surface area contributed by atoms with Crippen LogP contribution in [-0.2, 0) is 24.2 Å². The van der Waals surface area contributed by atoms with Gasteiger partial charge in [0.1, 0.15) is 12.4 Å². The summed E-state index contributed by atoms with van der Waals surface area (Å²) in [5, 5.41) is 9.40. The predicted octanol–water partition coefficient (Wildman–Crippen LogP) is 2.68. The zero-order valence-electron chi connectivity index (χ0n) is 13.4. The molecule has 8 heteroatoms. The molecule has 0 saturated heterocycles. The Kier molecular flexibility index (Phi) is 4.75. The number of halogens is 3. The van der Waals surface area contributed by atoms with Gasteiger partial charge in [-0.2, -0.15) is 4.98 Å². The second-order valence-electron chi connectivity index (χ2n) is 5.66. The summed E-state index contributed by atoms with van der Waals surface area (Å²) in [5.41, 5.74) is -0.244. The first kappa shape index (κ1) is 17.7. The lowest BCUT2D eigenvalue weighted by atomic mass is 10.1. The minimum atomic E-state index is -1.57. The molecule has 1 N–H and O–H groups in total. The molecule has 0 atom stereocenters. The Morgan fingerprint density at radius 1 is 1.04 bits per heavy atom. The SMILES string of the molecule is O=C(O)Cn1c(CCc2ccc(F)c(F)c2F)nc(=O)c2ccccc21. The van der Waals surface area contributed by atoms with Gasteiger partial charge in [-0.25, -0.2) is 13.2 Å². The van der Waals surface area contributed by atoms with Gasteiger partial charge >= 0.3 is 5.97 Å². The molecule has 0 unspecified atom stereocenters. The van der Waals surface area contributed by atoms with Gasteiger partial charge in [0.25, 0.3) is 5.56 Å². The van der Waals surface area contributed by atoms with Crippen LogP contribution in [0.5, 0.6) is 0 Å². The van der Waals surface area contributed by atoms with Crippen LogP contribution in [0, 0.1) is 17.5 Å². The van der Waals surface area contributed by atoms with Gasteiger partial charge in [-0.15, -0.1) is 0 Å². The van der Waals surface area contributed by atoms with E-state index in [1.54, 1.807) is 18.2 Å². The zero-order chi connectivity index (χ0) is 18.8. The lowest BCUT2D eigenvalue weighted by Crippen LogP contribution is -2.22. The highest BCUT2D eigenvalue weighted by Gasteiger charge is 2.16. The lowest BCUT2D eigenvalue weighted by Gasteiger charge is -2.14. The van der Waals surface area contributed by atoms with Crippen LogP contribution in [0.15, 0.2) is 41.2 Å². The van der Waals surface area contributed by atoms with E-state index in [9.17, 15) is 22.8 Å². The van der Waals surface area contributed by atoms with Crippen molar-refractivity contribution in [2.45, 2.75) is 19.4 Å². The monoisotopic (exact) mass is 362 g/mol. The lowest BCUT2D eigenvalue weighted by molar-refractivity contribution is -0.137. The molecule has 2 aromatic carbocycles. The van der Waals surface area contributed by atoms with Gasteiger partial charge in [0.05, 0.1) is 10.9 Å². The van der Waals surface area contributed by atoms with Gasteiger partial charge in [0.15, 0.2) is 17.5 Å². The molecule has 26 heavy (non-hydrogen) atoms. The van der Waals surface area contributed by atoms with Crippen LogP contribution in [0.4, 0.5) is 13.2 Å². The number of rotatable bonds is 5. The fourth-order valence-corrected chi connectivity index (χ4v) is 2.77. The number of benzene rings is 2. The second kappa shape index (κ2) is 6.99. The number of hydrogen-bond donors (Lipinski definition) is 1. The molecule has 134 valence electrons. The summed E-state index contributed by atoms with van der Waals surface area (Å²) < 4.78 is 41.5. The van der Waals surface area contributed by atoms with E-state index in [0.29, 0.717) is 5.52 Å². The number of hydrogen-bond acceptors (Lipinski definition) is 3. The molecular formula is C18H13F3N2O3.